The van der Waals surface area contributed by atoms with Crippen LogP contribution < -0.4 is 10.6 Å². The molecule has 0 aliphatic heterocycles. The van der Waals surface area contributed by atoms with Gasteiger partial charge in [-0.2, -0.15) is 0 Å². The zero-order valence-corrected chi connectivity index (χ0v) is 18.1. The third-order valence-electron chi connectivity index (χ3n) is 5.02. The minimum atomic E-state index is -0.199. The molecule has 0 atom stereocenters. The Bertz CT molecular complexity index is 1220. The molecule has 5 rings (SSSR count). The topological polar surface area (TPSA) is 82.7 Å². The number of thiazole rings is 1. The maximum absolute atomic E-state index is 12.7. The van der Waals surface area contributed by atoms with Gasteiger partial charge < -0.3 is 10.3 Å². The number of aromatic amines is 1. The van der Waals surface area contributed by atoms with Gasteiger partial charge in [0, 0.05) is 10.4 Å². The predicted molar refractivity (Wildman–Crippen MR) is 123 cm³/mol. The van der Waals surface area contributed by atoms with Gasteiger partial charge in [-0.3, -0.25) is 10.1 Å². The van der Waals surface area contributed by atoms with Crippen molar-refractivity contribution in [3.05, 3.63) is 62.6 Å². The van der Waals surface area contributed by atoms with Gasteiger partial charge in [-0.05, 0) is 56.0 Å². The Morgan fingerprint density at radius 1 is 1.07 bits per heavy atom. The monoisotopic (exact) mass is 457 g/mol. The molecule has 0 fully saturated rings. The summed E-state index contributed by atoms with van der Waals surface area (Å²) in [4.78, 5) is 26.3. The molecule has 0 radical (unpaired) electrons. The van der Waals surface area contributed by atoms with Crippen molar-refractivity contribution in [2.24, 2.45) is 0 Å². The van der Waals surface area contributed by atoms with E-state index in [2.05, 4.69) is 25.6 Å². The lowest BCUT2D eigenvalue weighted by atomic mass is 10.0. The molecule has 0 spiro atoms. The van der Waals surface area contributed by atoms with Gasteiger partial charge in [0.2, 0.25) is 5.95 Å². The second-order valence-corrected chi connectivity index (χ2v) is 8.99. The fourth-order valence-electron chi connectivity index (χ4n) is 3.52. The number of nitrogens with zero attached hydrogens (tertiary/aromatic N) is 2. The van der Waals surface area contributed by atoms with Crippen LogP contribution in [0.4, 0.5) is 16.8 Å². The molecule has 152 valence electrons. The Balaban J connectivity index is 1.37. The SMILES string of the molecule is O=C(Nc1nc2c(s1)CCCC2)c1ccc2[nH]c(Nc3c(Cl)cccc3Cl)nc2c1. The Kier molecular flexibility index (Phi) is 5.10. The van der Waals surface area contributed by atoms with E-state index in [9.17, 15) is 4.79 Å². The van der Waals surface area contributed by atoms with E-state index in [4.69, 9.17) is 23.2 Å². The van der Waals surface area contributed by atoms with E-state index < -0.39 is 0 Å². The lowest BCUT2D eigenvalue weighted by Gasteiger charge is -2.06. The minimum Gasteiger partial charge on any atom is -0.324 e. The van der Waals surface area contributed by atoms with Crippen molar-refractivity contribution in [1.29, 1.82) is 0 Å². The number of fused-ring (bicyclic) bond motifs is 2. The maximum atomic E-state index is 12.7. The van der Waals surface area contributed by atoms with E-state index in [0.29, 0.717) is 37.9 Å². The number of nitrogens with one attached hydrogen (secondary N) is 3. The number of aryl methyl sites for hydroxylation is 2. The fourth-order valence-corrected chi connectivity index (χ4v) is 5.05. The molecule has 1 amide bonds. The average Bonchev–Trinajstić information content (AvgIpc) is 3.32. The largest absolute Gasteiger partial charge is 0.324 e. The number of anilines is 3. The van der Waals surface area contributed by atoms with Crippen LogP contribution in [0.25, 0.3) is 11.0 Å². The number of hydrogen-bond acceptors (Lipinski definition) is 5. The number of benzene rings is 2. The quantitative estimate of drug-likeness (QED) is 0.340. The van der Waals surface area contributed by atoms with Crippen LogP contribution >= 0.6 is 34.5 Å². The molecule has 2 heterocycles. The zero-order chi connectivity index (χ0) is 20.7. The highest BCUT2D eigenvalue weighted by atomic mass is 35.5. The number of amides is 1. The van der Waals surface area contributed by atoms with E-state index in [1.165, 1.54) is 11.3 Å². The molecule has 1 aliphatic carbocycles. The first kappa shape index (κ1) is 19.4. The molecular weight excluding hydrogens is 441 g/mol. The van der Waals surface area contributed by atoms with E-state index in [-0.39, 0.29) is 5.91 Å². The van der Waals surface area contributed by atoms with Gasteiger partial charge >= 0.3 is 0 Å². The average molecular weight is 458 g/mol. The normalized spacial score (nSPS) is 13.3. The number of hydrogen-bond donors (Lipinski definition) is 3. The first-order chi connectivity index (χ1) is 14.6. The summed E-state index contributed by atoms with van der Waals surface area (Å²) in [6.07, 6.45) is 4.39. The van der Waals surface area contributed by atoms with Crippen LogP contribution in [0.15, 0.2) is 36.4 Å². The van der Waals surface area contributed by atoms with Crippen LogP contribution in [-0.4, -0.2) is 20.9 Å². The number of H-pyrrole nitrogens is 1. The first-order valence-electron chi connectivity index (χ1n) is 9.57. The van der Waals surface area contributed by atoms with E-state index in [0.717, 1.165) is 30.5 Å². The van der Waals surface area contributed by atoms with Gasteiger partial charge in [-0.25, -0.2) is 9.97 Å². The number of rotatable bonds is 4. The molecule has 3 N–H and O–H groups in total. The molecule has 0 saturated carbocycles. The van der Waals surface area contributed by atoms with Gasteiger partial charge in [0.25, 0.3) is 5.91 Å². The Labute approximate surface area is 186 Å². The third-order valence-corrected chi connectivity index (χ3v) is 6.72. The molecule has 6 nitrogen and oxygen atoms in total. The van der Waals surface area contributed by atoms with E-state index in [1.54, 1.807) is 41.7 Å². The number of para-hydroxylation sites is 1. The molecule has 9 heteroatoms. The van der Waals surface area contributed by atoms with Crippen LogP contribution in [0.1, 0.15) is 33.8 Å². The molecule has 0 saturated heterocycles. The molecule has 4 aromatic rings. The fraction of sp³-hybridized carbons (Fsp3) is 0.190. The summed E-state index contributed by atoms with van der Waals surface area (Å²) < 4.78 is 0. The molecule has 0 unspecified atom stereocenters. The third kappa shape index (κ3) is 3.76. The van der Waals surface area contributed by atoms with E-state index in [1.807, 2.05) is 6.07 Å². The smallest absolute Gasteiger partial charge is 0.257 e. The van der Waals surface area contributed by atoms with Crippen molar-refractivity contribution in [2.45, 2.75) is 25.7 Å². The molecule has 1 aliphatic rings. The summed E-state index contributed by atoms with van der Waals surface area (Å²) in [7, 11) is 0. The van der Waals surface area contributed by atoms with Crippen LogP contribution in [0.2, 0.25) is 10.0 Å². The highest BCUT2D eigenvalue weighted by molar-refractivity contribution is 7.15. The standard InChI is InChI=1S/C21H17Cl2N5OS/c22-12-4-3-5-13(23)18(12)27-20-24-14-9-8-11(10-16(14)25-20)19(29)28-21-26-15-6-1-2-7-17(15)30-21/h3-5,8-10H,1-2,6-7H2,(H2,24,25,27)(H,26,28,29). The predicted octanol–water partition coefficient (Wildman–Crippen LogP) is 6.20. The highest BCUT2D eigenvalue weighted by Gasteiger charge is 2.17. The van der Waals surface area contributed by atoms with Gasteiger partial charge in [0.15, 0.2) is 5.13 Å². The number of aromatic nitrogens is 3. The van der Waals surface area contributed by atoms with Gasteiger partial charge in [-0.15, -0.1) is 11.3 Å². The summed E-state index contributed by atoms with van der Waals surface area (Å²) in [5.41, 5.74) is 3.67. The van der Waals surface area contributed by atoms with Crippen molar-refractivity contribution in [2.75, 3.05) is 10.6 Å². The summed E-state index contributed by atoms with van der Waals surface area (Å²) in [5, 5.41) is 7.67. The lowest BCUT2D eigenvalue weighted by Crippen LogP contribution is -2.11. The summed E-state index contributed by atoms with van der Waals surface area (Å²) >= 11 is 14.0. The Hall–Kier alpha value is -2.61. The Morgan fingerprint density at radius 3 is 2.67 bits per heavy atom. The van der Waals surface area contributed by atoms with Crippen LogP contribution in [-0.2, 0) is 12.8 Å². The molecule has 0 bridgehead atoms. The number of imidazole rings is 1. The summed E-state index contributed by atoms with van der Waals surface area (Å²) in [6, 6.07) is 10.6. The second kappa shape index (κ2) is 7.91. The van der Waals surface area contributed by atoms with E-state index >= 15 is 0 Å². The maximum Gasteiger partial charge on any atom is 0.257 e. The Morgan fingerprint density at radius 2 is 1.87 bits per heavy atom. The number of halogens is 2. The summed E-state index contributed by atoms with van der Waals surface area (Å²) in [6.45, 7) is 0. The first-order valence-corrected chi connectivity index (χ1v) is 11.1. The van der Waals surface area contributed by atoms with Gasteiger partial charge in [0.1, 0.15) is 0 Å². The number of carbonyl (C=O) groups excluding carboxylic acids is 1. The second-order valence-electron chi connectivity index (χ2n) is 7.09. The molecule has 2 aromatic carbocycles. The lowest BCUT2D eigenvalue weighted by molar-refractivity contribution is 0.102. The van der Waals surface area contributed by atoms with Gasteiger partial charge in [0.05, 0.1) is 32.5 Å². The molecule has 30 heavy (non-hydrogen) atoms. The van der Waals surface area contributed by atoms with Crippen molar-refractivity contribution < 1.29 is 4.79 Å². The van der Waals surface area contributed by atoms with Gasteiger partial charge in [-0.1, -0.05) is 29.3 Å². The zero-order valence-electron chi connectivity index (χ0n) is 15.8. The van der Waals surface area contributed by atoms with Crippen molar-refractivity contribution >= 4 is 68.2 Å². The molecular formula is C21H17Cl2N5OS. The van der Waals surface area contributed by atoms with Crippen LogP contribution in [0.3, 0.4) is 0 Å². The van der Waals surface area contributed by atoms with Crippen molar-refractivity contribution in [3.63, 3.8) is 0 Å². The van der Waals surface area contributed by atoms with Crippen LogP contribution in [0.5, 0.6) is 0 Å². The van der Waals surface area contributed by atoms with Crippen molar-refractivity contribution in [3.8, 4) is 0 Å². The minimum absolute atomic E-state index is 0.199. The number of carbonyl (C=O) groups is 1. The van der Waals surface area contributed by atoms with Crippen molar-refractivity contribution in [1.82, 2.24) is 15.0 Å². The molecule has 2 aromatic heterocycles. The van der Waals surface area contributed by atoms with Crippen LogP contribution in [0, 0.1) is 0 Å². The highest BCUT2D eigenvalue weighted by Crippen LogP contribution is 2.33. The summed E-state index contributed by atoms with van der Waals surface area (Å²) in [5.74, 6) is 0.291.